The maximum atomic E-state index is 13.5. The zero-order valence-electron chi connectivity index (χ0n) is 25.2. The molecule has 4 aromatic rings. The van der Waals surface area contributed by atoms with Gasteiger partial charge in [-0.1, -0.05) is 36.4 Å². The van der Waals surface area contributed by atoms with Gasteiger partial charge < -0.3 is 25.6 Å². The Kier molecular flexibility index (Phi) is 11.2. The molecule has 0 heterocycles. The quantitative estimate of drug-likeness (QED) is 0.123. The Morgan fingerprint density at radius 1 is 0.841 bits per heavy atom. The second kappa shape index (κ2) is 15.5. The van der Waals surface area contributed by atoms with Crippen molar-refractivity contribution in [2.24, 2.45) is 0 Å². The summed E-state index contributed by atoms with van der Waals surface area (Å²) in [4.78, 5) is 42.1. The predicted molar refractivity (Wildman–Crippen MR) is 179 cm³/mol. The van der Waals surface area contributed by atoms with Crippen LogP contribution < -0.4 is 25.6 Å². The lowest BCUT2D eigenvalue weighted by atomic mass is 10.1. The number of benzene rings is 4. The number of ether oxygens (including phenoxy) is 1. The normalized spacial score (nSPS) is 11.7. The number of hydrogen-bond donors (Lipinski definition) is 3. The van der Waals surface area contributed by atoms with Gasteiger partial charge in [-0.05, 0) is 92.2 Å². The lowest BCUT2D eigenvalue weighted by molar-refractivity contribution is -0.115. The summed E-state index contributed by atoms with van der Waals surface area (Å²) in [6.07, 6.45) is 1.64. The number of nitrogens with one attached hydrogen (secondary N) is 3. The van der Waals surface area contributed by atoms with E-state index in [1.165, 1.54) is 11.8 Å². The molecule has 0 radical (unpaired) electrons. The van der Waals surface area contributed by atoms with Gasteiger partial charge in [-0.2, -0.15) is 0 Å². The van der Waals surface area contributed by atoms with Crippen LogP contribution in [0.4, 0.5) is 17.1 Å². The van der Waals surface area contributed by atoms with Crippen LogP contribution in [0.25, 0.3) is 6.08 Å². The number of thioether (sulfide) groups is 1. The van der Waals surface area contributed by atoms with Gasteiger partial charge in [0.05, 0.1) is 11.9 Å². The third kappa shape index (κ3) is 9.24. The summed E-state index contributed by atoms with van der Waals surface area (Å²) in [6.45, 7) is 4.31. The monoisotopic (exact) mass is 608 g/mol. The number of rotatable bonds is 12. The first-order valence-electron chi connectivity index (χ1n) is 14.2. The highest BCUT2D eigenvalue weighted by Crippen LogP contribution is 2.27. The van der Waals surface area contributed by atoms with E-state index in [2.05, 4.69) is 16.0 Å². The van der Waals surface area contributed by atoms with Gasteiger partial charge in [0.25, 0.3) is 11.8 Å². The minimum absolute atomic E-state index is 0.0950. The third-order valence-electron chi connectivity index (χ3n) is 6.46. The molecule has 4 rings (SSSR count). The molecule has 0 aliphatic rings. The van der Waals surface area contributed by atoms with Crippen molar-refractivity contribution in [1.82, 2.24) is 5.32 Å². The van der Waals surface area contributed by atoms with E-state index in [9.17, 15) is 14.4 Å². The van der Waals surface area contributed by atoms with E-state index in [1.807, 2.05) is 81.4 Å². The molecule has 226 valence electrons. The molecule has 0 aromatic heterocycles. The van der Waals surface area contributed by atoms with E-state index >= 15 is 0 Å². The number of carbonyl (C=O) groups is 3. The number of nitrogens with zero attached hydrogens (tertiary/aromatic N) is 1. The molecule has 0 saturated heterocycles. The molecule has 0 fully saturated rings. The summed E-state index contributed by atoms with van der Waals surface area (Å²) in [5, 5.41) is 8.18. The van der Waals surface area contributed by atoms with Crippen LogP contribution in [-0.4, -0.2) is 43.7 Å². The zero-order valence-corrected chi connectivity index (χ0v) is 26.0. The minimum atomic E-state index is -0.477. The molecule has 8 nitrogen and oxygen atoms in total. The fraction of sp³-hybridized carbons (Fsp3) is 0.171. The summed E-state index contributed by atoms with van der Waals surface area (Å²) in [5.74, 6) is -0.280. The van der Waals surface area contributed by atoms with Crippen molar-refractivity contribution in [2.45, 2.75) is 24.0 Å². The van der Waals surface area contributed by atoms with Gasteiger partial charge in [-0.3, -0.25) is 14.4 Å². The van der Waals surface area contributed by atoms with Gasteiger partial charge in [0.1, 0.15) is 11.4 Å². The van der Waals surface area contributed by atoms with Crippen LogP contribution >= 0.6 is 11.8 Å². The Hall–Kier alpha value is -5.02. The Balaban J connectivity index is 1.46. The predicted octanol–water partition coefficient (Wildman–Crippen LogP) is 6.68. The van der Waals surface area contributed by atoms with Crippen molar-refractivity contribution in [3.8, 4) is 5.75 Å². The standard InChI is InChI=1S/C35H36N4O4S/c1-5-43-30-20-16-27(17-21-30)36-33(40)24(2)44-31-13-9-12-28(23-31)37-35(42)32(38-34(41)26-10-7-6-8-11-26)22-25-14-18-29(19-15-25)39(3)4/h6-24H,5H2,1-4H3,(H,36,40)(H,37,42)(H,38,41)/b32-22+. The lowest BCUT2D eigenvalue weighted by Gasteiger charge is -2.15. The summed E-state index contributed by atoms with van der Waals surface area (Å²) < 4.78 is 5.45. The largest absolute Gasteiger partial charge is 0.494 e. The van der Waals surface area contributed by atoms with Crippen LogP contribution in [0.5, 0.6) is 5.75 Å². The fourth-order valence-electron chi connectivity index (χ4n) is 4.13. The number of hydrogen-bond acceptors (Lipinski definition) is 6. The summed E-state index contributed by atoms with van der Waals surface area (Å²) >= 11 is 1.37. The van der Waals surface area contributed by atoms with E-state index in [0.29, 0.717) is 23.5 Å². The van der Waals surface area contributed by atoms with Crippen LogP contribution in [0.3, 0.4) is 0 Å². The summed E-state index contributed by atoms with van der Waals surface area (Å²) in [6, 6.07) is 30.8. The number of carbonyl (C=O) groups excluding carboxylic acids is 3. The first-order valence-corrected chi connectivity index (χ1v) is 15.1. The van der Waals surface area contributed by atoms with E-state index in [0.717, 1.165) is 21.9 Å². The van der Waals surface area contributed by atoms with Crippen molar-refractivity contribution in [3.05, 3.63) is 120 Å². The van der Waals surface area contributed by atoms with Gasteiger partial charge in [0, 0.05) is 41.6 Å². The van der Waals surface area contributed by atoms with Crippen molar-refractivity contribution in [1.29, 1.82) is 0 Å². The molecule has 3 N–H and O–H groups in total. The van der Waals surface area contributed by atoms with Crippen LogP contribution in [0.2, 0.25) is 0 Å². The molecule has 0 aliphatic heterocycles. The molecular weight excluding hydrogens is 572 g/mol. The van der Waals surface area contributed by atoms with Crippen molar-refractivity contribution in [2.75, 3.05) is 36.2 Å². The lowest BCUT2D eigenvalue weighted by Crippen LogP contribution is -2.30. The molecule has 0 saturated carbocycles. The van der Waals surface area contributed by atoms with Crippen molar-refractivity contribution < 1.29 is 19.1 Å². The molecule has 0 spiro atoms. The Labute approximate surface area is 262 Å². The Morgan fingerprint density at radius 2 is 1.55 bits per heavy atom. The zero-order chi connectivity index (χ0) is 31.5. The molecule has 0 aliphatic carbocycles. The highest BCUT2D eigenvalue weighted by molar-refractivity contribution is 8.00. The molecular formula is C35H36N4O4S. The Bertz CT molecular complexity index is 1600. The second-order valence-electron chi connectivity index (χ2n) is 10.1. The topological polar surface area (TPSA) is 99.8 Å². The van der Waals surface area contributed by atoms with E-state index in [-0.39, 0.29) is 11.6 Å². The average Bonchev–Trinajstić information content (AvgIpc) is 3.02. The third-order valence-corrected chi connectivity index (χ3v) is 7.55. The van der Waals surface area contributed by atoms with Crippen LogP contribution in [0.1, 0.15) is 29.8 Å². The van der Waals surface area contributed by atoms with E-state index in [1.54, 1.807) is 60.7 Å². The number of anilines is 3. The van der Waals surface area contributed by atoms with Crippen LogP contribution in [0, 0.1) is 0 Å². The van der Waals surface area contributed by atoms with Crippen LogP contribution in [-0.2, 0) is 9.59 Å². The molecule has 0 bridgehead atoms. The summed E-state index contributed by atoms with van der Waals surface area (Å²) in [5.41, 5.74) is 3.51. The molecule has 1 unspecified atom stereocenters. The van der Waals surface area contributed by atoms with E-state index in [4.69, 9.17) is 4.74 Å². The fourth-order valence-corrected chi connectivity index (χ4v) is 5.05. The molecule has 1 atom stereocenters. The minimum Gasteiger partial charge on any atom is -0.494 e. The molecule has 44 heavy (non-hydrogen) atoms. The second-order valence-corrected chi connectivity index (χ2v) is 11.5. The first kappa shape index (κ1) is 31.9. The van der Waals surface area contributed by atoms with Crippen LogP contribution in [0.15, 0.2) is 114 Å². The average molecular weight is 609 g/mol. The molecule has 9 heteroatoms. The van der Waals surface area contributed by atoms with Gasteiger partial charge in [-0.15, -0.1) is 11.8 Å². The van der Waals surface area contributed by atoms with Gasteiger partial charge in [0.2, 0.25) is 5.91 Å². The first-order chi connectivity index (χ1) is 21.2. The number of amides is 3. The molecule has 3 amide bonds. The molecule has 4 aromatic carbocycles. The van der Waals surface area contributed by atoms with Gasteiger partial charge >= 0.3 is 0 Å². The van der Waals surface area contributed by atoms with Gasteiger partial charge in [0.15, 0.2) is 0 Å². The van der Waals surface area contributed by atoms with E-state index < -0.39 is 17.1 Å². The SMILES string of the molecule is CCOc1ccc(NC(=O)C(C)Sc2cccc(NC(=O)/C(=C\c3ccc(N(C)C)cc3)NC(=O)c3ccccc3)c2)cc1. The maximum Gasteiger partial charge on any atom is 0.272 e. The smallest absolute Gasteiger partial charge is 0.272 e. The van der Waals surface area contributed by atoms with Crippen molar-refractivity contribution >= 4 is 52.6 Å². The van der Waals surface area contributed by atoms with Gasteiger partial charge in [-0.25, -0.2) is 0 Å². The Morgan fingerprint density at radius 3 is 2.20 bits per heavy atom. The maximum absolute atomic E-state index is 13.5. The highest BCUT2D eigenvalue weighted by Gasteiger charge is 2.17. The van der Waals surface area contributed by atoms with Crippen molar-refractivity contribution in [3.63, 3.8) is 0 Å². The highest BCUT2D eigenvalue weighted by atomic mass is 32.2. The summed E-state index contributed by atoms with van der Waals surface area (Å²) in [7, 11) is 3.90.